The van der Waals surface area contributed by atoms with E-state index < -0.39 is 0 Å². The second-order valence-corrected chi connectivity index (χ2v) is 5.58. The summed E-state index contributed by atoms with van der Waals surface area (Å²) in [6, 6.07) is 7.45. The first-order valence-electron chi connectivity index (χ1n) is 6.92. The summed E-state index contributed by atoms with van der Waals surface area (Å²) in [5.74, 6) is 1.24. The highest BCUT2D eigenvalue weighted by molar-refractivity contribution is 7.80. The van der Waals surface area contributed by atoms with Crippen molar-refractivity contribution in [2.75, 3.05) is 6.61 Å². The zero-order chi connectivity index (χ0) is 14.5. The Morgan fingerprint density at radius 3 is 2.75 bits per heavy atom. The number of hydrogen-bond donors (Lipinski definition) is 2. The van der Waals surface area contributed by atoms with E-state index in [1.807, 2.05) is 0 Å². The standard InChI is InChI=1S/C15H20N2O2S/c1-2-3-11-8-13(11)17-14(18)9-19-12-6-4-10(5-7-12)15(16)20/h4-7,11,13H,2-3,8-9H2,1H3,(H2,16,20)(H,17,18). The zero-order valence-corrected chi connectivity index (χ0v) is 12.4. The molecular weight excluding hydrogens is 272 g/mol. The van der Waals surface area contributed by atoms with Gasteiger partial charge < -0.3 is 15.8 Å². The number of carbonyl (C=O) groups excluding carboxylic acids is 1. The minimum absolute atomic E-state index is 0.0434. The zero-order valence-electron chi connectivity index (χ0n) is 11.6. The van der Waals surface area contributed by atoms with Crippen molar-refractivity contribution in [1.82, 2.24) is 5.32 Å². The van der Waals surface area contributed by atoms with E-state index in [-0.39, 0.29) is 12.5 Å². The monoisotopic (exact) mass is 292 g/mol. The number of benzene rings is 1. The molecule has 1 aromatic rings. The molecule has 5 heteroatoms. The molecule has 0 radical (unpaired) electrons. The molecule has 2 rings (SSSR count). The molecule has 108 valence electrons. The fraction of sp³-hybridized carbons (Fsp3) is 0.467. The van der Waals surface area contributed by atoms with Gasteiger partial charge in [-0.15, -0.1) is 0 Å². The van der Waals surface area contributed by atoms with Crippen molar-refractivity contribution < 1.29 is 9.53 Å². The highest BCUT2D eigenvalue weighted by Crippen LogP contribution is 2.34. The molecule has 1 fully saturated rings. The Balaban J connectivity index is 1.72. The largest absolute Gasteiger partial charge is 0.484 e. The van der Waals surface area contributed by atoms with Gasteiger partial charge in [-0.05, 0) is 43.0 Å². The fourth-order valence-corrected chi connectivity index (χ4v) is 2.36. The maximum Gasteiger partial charge on any atom is 0.258 e. The molecule has 0 heterocycles. The van der Waals surface area contributed by atoms with E-state index in [4.69, 9.17) is 22.7 Å². The first kappa shape index (κ1) is 14.8. The van der Waals surface area contributed by atoms with Crippen LogP contribution in [0.1, 0.15) is 31.7 Å². The van der Waals surface area contributed by atoms with Crippen LogP contribution in [0.5, 0.6) is 5.75 Å². The lowest BCUT2D eigenvalue weighted by atomic mass is 10.2. The summed E-state index contributed by atoms with van der Waals surface area (Å²) in [5, 5.41) is 2.98. The lowest BCUT2D eigenvalue weighted by Gasteiger charge is -2.08. The molecule has 0 aromatic heterocycles. The predicted molar refractivity (Wildman–Crippen MR) is 82.8 cm³/mol. The quantitative estimate of drug-likeness (QED) is 0.755. The lowest BCUT2D eigenvalue weighted by molar-refractivity contribution is -0.123. The van der Waals surface area contributed by atoms with Gasteiger partial charge in [-0.1, -0.05) is 25.6 Å². The van der Waals surface area contributed by atoms with Crippen LogP contribution in [0.3, 0.4) is 0 Å². The molecule has 20 heavy (non-hydrogen) atoms. The molecule has 3 N–H and O–H groups in total. The van der Waals surface area contributed by atoms with Crippen molar-refractivity contribution in [1.29, 1.82) is 0 Å². The van der Waals surface area contributed by atoms with Gasteiger partial charge in [0.15, 0.2) is 6.61 Å². The van der Waals surface area contributed by atoms with Gasteiger partial charge in [-0.2, -0.15) is 0 Å². The Morgan fingerprint density at radius 2 is 2.15 bits per heavy atom. The number of ether oxygens (including phenoxy) is 1. The second-order valence-electron chi connectivity index (χ2n) is 5.14. The average Bonchev–Trinajstić information content (AvgIpc) is 3.15. The van der Waals surface area contributed by atoms with E-state index in [9.17, 15) is 4.79 Å². The summed E-state index contributed by atoms with van der Waals surface area (Å²) in [6.45, 7) is 2.21. The molecule has 1 aliphatic carbocycles. The topological polar surface area (TPSA) is 64.3 Å². The van der Waals surface area contributed by atoms with Gasteiger partial charge in [0.1, 0.15) is 10.7 Å². The van der Waals surface area contributed by atoms with Crippen molar-refractivity contribution >= 4 is 23.1 Å². The lowest BCUT2D eigenvalue weighted by Crippen LogP contribution is -2.31. The van der Waals surface area contributed by atoms with Crippen molar-refractivity contribution in [3.63, 3.8) is 0 Å². The number of nitrogens with one attached hydrogen (secondary N) is 1. The first-order chi connectivity index (χ1) is 9.60. The van der Waals surface area contributed by atoms with Crippen LogP contribution >= 0.6 is 12.2 Å². The van der Waals surface area contributed by atoms with Crippen molar-refractivity contribution in [2.45, 2.75) is 32.2 Å². The van der Waals surface area contributed by atoms with Crippen LogP contribution in [0.15, 0.2) is 24.3 Å². The summed E-state index contributed by atoms with van der Waals surface area (Å²) in [7, 11) is 0. The molecule has 0 spiro atoms. The van der Waals surface area contributed by atoms with Crippen molar-refractivity contribution in [3.05, 3.63) is 29.8 Å². The molecule has 1 aliphatic rings. The van der Waals surface area contributed by atoms with Crippen LogP contribution in [0.25, 0.3) is 0 Å². The number of nitrogens with two attached hydrogens (primary N) is 1. The predicted octanol–water partition coefficient (Wildman–Crippen LogP) is 2.00. The van der Waals surface area contributed by atoms with Crippen LogP contribution in [0.2, 0.25) is 0 Å². The Hall–Kier alpha value is -1.62. The highest BCUT2D eigenvalue weighted by Gasteiger charge is 2.36. The van der Waals surface area contributed by atoms with Crippen LogP contribution in [-0.4, -0.2) is 23.5 Å². The maximum atomic E-state index is 11.7. The van der Waals surface area contributed by atoms with Gasteiger partial charge in [-0.3, -0.25) is 4.79 Å². The molecule has 1 amide bonds. The van der Waals surface area contributed by atoms with E-state index >= 15 is 0 Å². The van der Waals surface area contributed by atoms with Crippen LogP contribution in [0, 0.1) is 5.92 Å². The van der Waals surface area contributed by atoms with Crippen molar-refractivity contribution in [2.24, 2.45) is 11.7 Å². The summed E-state index contributed by atoms with van der Waals surface area (Å²) in [5.41, 5.74) is 6.30. The molecule has 2 unspecified atom stereocenters. The molecular formula is C15H20N2O2S. The smallest absolute Gasteiger partial charge is 0.258 e. The second kappa shape index (κ2) is 6.70. The molecule has 0 aliphatic heterocycles. The minimum atomic E-state index is -0.0629. The summed E-state index contributed by atoms with van der Waals surface area (Å²) < 4.78 is 5.43. The van der Waals surface area contributed by atoms with E-state index in [0.29, 0.717) is 22.7 Å². The summed E-state index contributed by atoms with van der Waals surface area (Å²) in [6.07, 6.45) is 3.46. The van der Waals surface area contributed by atoms with Gasteiger partial charge in [0.05, 0.1) is 0 Å². The van der Waals surface area contributed by atoms with Gasteiger partial charge >= 0.3 is 0 Å². The Kier molecular flexibility index (Phi) is 4.95. The first-order valence-corrected chi connectivity index (χ1v) is 7.33. The Bertz CT molecular complexity index is 487. The Morgan fingerprint density at radius 1 is 1.45 bits per heavy atom. The average molecular weight is 292 g/mol. The fourth-order valence-electron chi connectivity index (χ4n) is 2.23. The minimum Gasteiger partial charge on any atom is -0.484 e. The van der Waals surface area contributed by atoms with E-state index in [1.54, 1.807) is 24.3 Å². The van der Waals surface area contributed by atoms with Gasteiger partial charge in [0, 0.05) is 11.6 Å². The number of thiocarbonyl (C=S) groups is 1. The van der Waals surface area contributed by atoms with Gasteiger partial charge in [0.25, 0.3) is 5.91 Å². The highest BCUT2D eigenvalue weighted by atomic mass is 32.1. The molecule has 2 atom stereocenters. The summed E-state index contributed by atoms with van der Waals surface area (Å²) in [4.78, 5) is 12.1. The van der Waals surface area contributed by atoms with E-state index in [2.05, 4.69) is 12.2 Å². The number of rotatable bonds is 7. The summed E-state index contributed by atoms with van der Waals surface area (Å²) >= 11 is 4.87. The molecule has 1 saturated carbocycles. The van der Waals surface area contributed by atoms with Gasteiger partial charge in [0.2, 0.25) is 0 Å². The number of hydrogen-bond acceptors (Lipinski definition) is 3. The molecule has 4 nitrogen and oxygen atoms in total. The van der Waals surface area contributed by atoms with E-state index in [0.717, 1.165) is 12.0 Å². The van der Waals surface area contributed by atoms with Crippen molar-refractivity contribution in [3.8, 4) is 5.75 Å². The maximum absolute atomic E-state index is 11.7. The third-order valence-electron chi connectivity index (χ3n) is 3.44. The molecule has 0 bridgehead atoms. The Labute approximate surface area is 124 Å². The number of amides is 1. The van der Waals surface area contributed by atoms with Crippen LogP contribution in [0.4, 0.5) is 0 Å². The third-order valence-corrected chi connectivity index (χ3v) is 3.67. The van der Waals surface area contributed by atoms with Crippen LogP contribution in [-0.2, 0) is 4.79 Å². The van der Waals surface area contributed by atoms with Crippen LogP contribution < -0.4 is 15.8 Å². The van der Waals surface area contributed by atoms with Gasteiger partial charge in [-0.25, -0.2) is 0 Å². The molecule has 0 saturated heterocycles. The molecule has 1 aromatic carbocycles. The normalized spacial score (nSPS) is 20.2. The van der Waals surface area contributed by atoms with E-state index in [1.165, 1.54) is 12.8 Å². The third kappa shape index (κ3) is 4.20. The SMILES string of the molecule is CCCC1CC1NC(=O)COc1ccc(C(N)=S)cc1. The number of carbonyl (C=O) groups is 1.